The Balaban J connectivity index is 0.00000261. The molecule has 0 aliphatic rings. The first-order valence-corrected chi connectivity index (χ1v) is 10.5. The number of nitrogens with zero attached hydrogens (tertiary/aromatic N) is 3. The van der Waals surface area contributed by atoms with Crippen LogP contribution in [0.25, 0.3) is 11.3 Å². The second kappa shape index (κ2) is 8.70. The van der Waals surface area contributed by atoms with Gasteiger partial charge in [-0.05, 0) is 30.3 Å². The molecule has 0 spiro atoms. The van der Waals surface area contributed by atoms with E-state index in [1.54, 1.807) is 12.1 Å². The van der Waals surface area contributed by atoms with Gasteiger partial charge in [-0.25, -0.2) is 17.7 Å². The molecule has 0 bridgehead atoms. The van der Waals surface area contributed by atoms with Gasteiger partial charge in [0.2, 0.25) is 10.0 Å². The van der Waals surface area contributed by atoms with Crippen molar-refractivity contribution >= 4 is 55.6 Å². The topological polar surface area (TPSA) is 54.7 Å². The third-order valence-electron chi connectivity index (χ3n) is 3.85. The number of para-hydroxylation sites is 1. The lowest BCUT2D eigenvalue weighted by Crippen LogP contribution is -2.22. The van der Waals surface area contributed by atoms with Gasteiger partial charge in [-0.1, -0.05) is 29.8 Å². The molecule has 27 heavy (non-hydrogen) atoms. The molecule has 3 rings (SSSR count). The molecule has 9 heteroatoms. The minimum Gasteiger partial charge on any atom is -0.320 e. The minimum absolute atomic E-state index is 0. The Hall–Kier alpha value is -1.45. The number of thiazole rings is 1. The van der Waals surface area contributed by atoms with Crippen molar-refractivity contribution in [3.63, 3.8) is 0 Å². The van der Waals surface area contributed by atoms with Crippen molar-refractivity contribution in [2.45, 2.75) is 4.90 Å². The van der Waals surface area contributed by atoms with Crippen LogP contribution in [-0.2, 0) is 17.1 Å². The highest BCUT2D eigenvalue weighted by molar-refractivity contribution is 8.93. The van der Waals surface area contributed by atoms with E-state index in [-0.39, 0.29) is 21.9 Å². The maximum absolute atomic E-state index is 12.4. The molecule has 3 aromatic rings. The predicted molar refractivity (Wildman–Crippen MR) is 117 cm³/mol. The molecule has 0 aliphatic heterocycles. The summed E-state index contributed by atoms with van der Waals surface area (Å²) in [5, 5.41) is 2.31. The van der Waals surface area contributed by atoms with Gasteiger partial charge in [0.25, 0.3) is 0 Å². The highest BCUT2D eigenvalue weighted by Crippen LogP contribution is 2.28. The van der Waals surface area contributed by atoms with Crippen LogP contribution in [0.4, 0.5) is 5.69 Å². The Morgan fingerprint density at radius 3 is 2.41 bits per heavy atom. The zero-order valence-corrected chi connectivity index (χ0v) is 19.1. The van der Waals surface area contributed by atoms with E-state index in [9.17, 15) is 8.42 Å². The molecule has 1 heterocycles. The van der Waals surface area contributed by atoms with Gasteiger partial charge in [-0.2, -0.15) is 0 Å². The molecule has 0 fully saturated rings. The van der Waals surface area contributed by atoms with E-state index in [1.807, 2.05) is 47.3 Å². The number of aromatic nitrogens is 1. The number of hydrogen-bond acceptors (Lipinski definition) is 4. The molecule has 1 aromatic heterocycles. The normalized spacial score (nSPS) is 12.3. The average Bonchev–Trinajstić information content (AvgIpc) is 2.96. The van der Waals surface area contributed by atoms with Gasteiger partial charge in [-0.15, -0.1) is 28.3 Å². The van der Waals surface area contributed by atoms with Crippen molar-refractivity contribution < 1.29 is 8.42 Å². The SMILES string of the molecule is Br.CN(C)S(=O)(=O)c1cc(Cl)cc(-c2cs/c(=N/c3ccccc3)n2C)c1. The highest BCUT2D eigenvalue weighted by Gasteiger charge is 2.19. The second-order valence-electron chi connectivity index (χ2n) is 5.87. The molecule has 0 saturated heterocycles. The lowest BCUT2D eigenvalue weighted by molar-refractivity contribution is 0.521. The smallest absolute Gasteiger partial charge is 0.242 e. The van der Waals surface area contributed by atoms with E-state index < -0.39 is 10.0 Å². The van der Waals surface area contributed by atoms with Gasteiger partial charge in [0.05, 0.1) is 16.3 Å². The van der Waals surface area contributed by atoms with Crippen molar-refractivity contribution in [3.8, 4) is 11.3 Å². The molecule has 144 valence electrons. The fourth-order valence-corrected chi connectivity index (χ4v) is 4.62. The first-order valence-electron chi connectivity index (χ1n) is 7.77. The summed E-state index contributed by atoms with van der Waals surface area (Å²) in [4.78, 5) is 5.60. The molecule has 2 aromatic carbocycles. The number of sulfonamides is 1. The monoisotopic (exact) mass is 487 g/mol. The summed E-state index contributed by atoms with van der Waals surface area (Å²) in [5.74, 6) is 0. The summed E-state index contributed by atoms with van der Waals surface area (Å²) in [7, 11) is 1.33. The van der Waals surface area contributed by atoms with Gasteiger partial charge in [0.1, 0.15) is 0 Å². The van der Waals surface area contributed by atoms with Crippen LogP contribution in [0.15, 0.2) is 63.8 Å². The van der Waals surface area contributed by atoms with E-state index in [0.29, 0.717) is 5.02 Å². The average molecular weight is 489 g/mol. The van der Waals surface area contributed by atoms with Crippen LogP contribution in [0.2, 0.25) is 5.02 Å². The largest absolute Gasteiger partial charge is 0.320 e. The Kier molecular flexibility index (Phi) is 7.04. The first-order chi connectivity index (χ1) is 12.3. The van der Waals surface area contributed by atoms with Crippen LogP contribution in [-0.4, -0.2) is 31.4 Å². The van der Waals surface area contributed by atoms with Crippen molar-refractivity contribution in [3.05, 3.63) is 63.7 Å². The van der Waals surface area contributed by atoms with E-state index >= 15 is 0 Å². The van der Waals surface area contributed by atoms with Crippen LogP contribution in [0.5, 0.6) is 0 Å². The lowest BCUT2D eigenvalue weighted by atomic mass is 10.2. The molecule has 0 aliphatic carbocycles. The molecule has 0 saturated carbocycles. The van der Waals surface area contributed by atoms with Crippen LogP contribution >= 0.6 is 39.9 Å². The fraction of sp³-hybridized carbons (Fsp3) is 0.167. The minimum atomic E-state index is -3.56. The molecule has 0 atom stereocenters. The zero-order chi connectivity index (χ0) is 18.9. The Morgan fingerprint density at radius 2 is 1.78 bits per heavy atom. The first kappa shape index (κ1) is 21.8. The molecular formula is C18H19BrClN3O2S2. The summed E-state index contributed by atoms with van der Waals surface area (Å²) in [6.45, 7) is 0. The zero-order valence-electron chi connectivity index (χ0n) is 15.0. The Labute approximate surface area is 178 Å². The number of benzene rings is 2. The molecule has 0 radical (unpaired) electrons. The summed E-state index contributed by atoms with van der Waals surface area (Å²) in [6.07, 6.45) is 0. The lowest BCUT2D eigenvalue weighted by Gasteiger charge is -2.13. The molecule has 0 N–H and O–H groups in total. The van der Waals surface area contributed by atoms with Gasteiger partial charge in [0, 0.05) is 37.1 Å². The van der Waals surface area contributed by atoms with Gasteiger partial charge in [0.15, 0.2) is 4.80 Å². The van der Waals surface area contributed by atoms with Crippen LogP contribution in [0, 0.1) is 0 Å². The number of halogens is 2. The van der Waals surface area contributed by atoms with Gasteiger partial charge >= 0.3 is 0 Å². The maximum Gasteiger partial charge on any atom is 0.242 e. The van der Waals surface area contributed by atoms with E-state index in [1.165, 1.54) is 35.8 Å². The predicted octanol–water partition coefficient (Wildman–Crippen LogP) is 4.47. The quantitative estimate of drug-likeness (QED) is 0.544. The van der Waals surface area contributed by atoms with Crippen molar-refractivity contribution in [2.75, 3.05) is 14.1 Å². The maximum atomic E-state index is 12.4. The van der Waals surface area contributed by atoms with Crippen molar-refractivity contribution in [2.24, 2.45) is 12.0 Å². The van der Waals surface area contributed by atoms with Crippen LogP contribution < -0.4 is 4.80 Å². The summed E-state index contributed by atoms with van der Waals surface area (Å²) in [6, 6.07) is 14.5. The highest BCUT2D eigenvalue weighted by atomic mass is 79.9. The van der Waals surface area contributed by atoms with Crippen LogP contribution in [0.3, 0.4) is 0 Å². The standard InChI is InChI=1S/C18H18ClN3O2S2.BrH/c1-21(2)26(23,24)16-10-13(9-14(19)11-16)17-12-25-18(22(17)3)20-15-7-5-4-6-8-15;/h4-12H,1-3H3;1H/b20-18+;. The Morgan fingerprint density at radius 1 is 1.11 bits per heavy atom. The summed E-state index contributed by atoms with van der Waals surface area (Å²) >= 11 is 7.67. The van der Waals surface area contributed by atoms with Crippen molar-refractivity contribution in [1.82, 2.24) is 8.87 Å². The van der Waals surface area contributed by atoms with E-state index in [2.05, 4.69) is 4.99 Å². The summed E-state index contributed by atoms with van der Waals surface area (Å²) in [5.41, 5.74) is 2.44. The molecule has 0 unspecified atom stereocenters. The van der Waals surface area contributed by atoms with Gasteiger partial charge < -0.3 is 4.57 Å². The number of rotatable bonds is 4. The second-order valence-corrected chi connectivity index (χ2v) is 9.30. The Bertz CT molecular complexity index is 1110. The molecular weight excluding hydrogens is 470 g/mol. The summed E-state index contributed by atoms with van der Waals surface area (Å²) < 4.78 is 28.0. The van der Waals surface area contributed by atoms with Crippen LogP contribution in [0.1, 0.15) is 0 Å². The van der Waals surface area contributed by atoms with E-state index in [4.69, 9.17) is 11.6 Å². The molecule has 0 amide bonds. The third kappa shape index (κ3) is 4.70. The van der Waals surface area contributed by atoms with Crippen molar-refractivity contribution in [1.29, 1.82) is 0 Å². The third-order valence-corrected chi connectivity index (χ3v) is 6.78. The molecule has 5 nitrogen and oxygen atoms in total. The number of hydrogen-bond donors (Lipinski definition) is 0. The fourth-order valence-electron chi connectivity index (χ4n) is 2.42. The van der Waals surface area contributed by atoms with Gasteiger partial charge in [-0.3, -0.25) is 0 Å². The van der Waals surface area contributed by atoms with E-state index in [0.717, 1.165) is 21.7 Å².